The van der Waals surface area contributed by atoms with Crippen LogP contribution in [0.5, 0.6) is 0 Å². The minimum Gasteiger partial charge on any atom is -0.480 e. The number of rotatable bonds is 3. The van der Waals surface area contributed by atoms with E-state index in [1.54, 1.807) is 18.9 Å². The number of aliphatic carboxylic acids is 1. The fourth-order valence-electron chi connectivity index (χ4n) is 2.29. The first-order valence-corrected chi connectivity index (χ1v) is 6.19. The monoisotopic (exact) mass is 242 g/mol. The third-order valence-corrected chi connectivity index (χ3v) is 3.47. The molecule has 0 aromatic carbocycles. The lowest BCUT2D eigenvalue weighted by Gasteiger charge is -2.43. The second-order valence-electron chi connectivity index (χ2n) is 4.89. The summed E-state index contributed by atoms with van der Waals surface area (Å²) in [6.07, 6.45) is 3.16. The van der Waals surface area contributed by atoms with Crippen molar-refractivity contribution in [2.75, 3.05) is 20.1 Å². The molecule has 2 amide bonds. The minimum absolute atomic E-state index is 0.170. The van der Waals surface area contributed by atoms with Crippen LogP contribution in [0.3, 0.4) is 0 Å². The Morgan fingerprint density at radius 1 is 1.41 bits per heavy atom. The van der Waals surface area contributed by atoms with E-state index in [1.807, 2.05) is 6.92 Å². The van der Waals surface area contributed by atoms with E-state index < -0.39 is 11.5 Å². The summed E-state index contributed by atoms with van der Waals surface area (Å²) >= 11 is 0. The van der Waals surface area contributed by atoms with Crippen molar-refractivity contribution >= 4 is 12.0 Å². The van der Waals surface area contributed by atoms with Crippen LogP contribution in [0, 0.1) is 0 Å². The predicted octanol–water partition coefficient (Wildman–Crippen LogP) is 1.78. The van der Waals surface area contributed by atoms with Gasteiger partial charge in [0.2, 0.25) is 0 Å². The third-order valence-electron chi connectivity index (χ3n) is 3.47. The van der Waals surface area contributed by atoms with E-state index in [1.165, 1.54) is 4.90 Å². The number of carbonyl (C=O) groups is 2. The molecule has 1 heterocycles. The van der Waals surface area contributed by atoms with Crippen LogP contribution >= 0.6 is 0 Å². The highest BCUT2D eigenvalue weighted by Gasteiger charge is 2.44. The molecule has 1 aliphatic heterocycles. The smallest absolute Gasteiger partial charge is 0.329 e. The predicted molar refractivity (Wildman–Crippen MR) is 64.9 cm³/mol. The molecule has 1 saturated heterocycles. The van der Waals surface area contributed by atoms with E-state index in [0.717, 1.165) is 19.3 Å². The van der Waals surface area contributed by atoms with E-state index in [0.29, 0.717) is 19.5 Å². The Labute approximate surface area is 102 Å². The zero-order valence-electron chi connectivity index (χ0n) is 10.9. The van der Waals surface area contributed by atoms with Gasteiger partial charge in [-0.2, -0.15) is 0 Å². The molecule has 0 saturated carbocycles. The number of piperidine rings is 1. The van der Waals surface area contributed by atoms with Gasteiger partial charge in [0.1, 0.15) is 5.54 Å². The zero-order valence-corrected chi connectivity index (χ0v) is 10.9. The molecule has 0 aromatic heterocycles. The lowest BCUT2D eigenvalue weighted by atomic mass is 9.89. The summed E-state index contributed by atoms with van der Waals surface area (Å²) < 4.78 is 0. The normalized spacial score (nSPS) is 24.5. The molecule has 0 radical (unpaired) electrons. The largest absolute Gasteiger partial charge is 0.480 e. The quantitative estimate of drug-likeness (QED) is 0.820. The lowest BCUT2D eigenvalue weighted by molar-refractivity contribution is -0.150. The Balaban J connectivity index is 2.85. The number of hydrogen-bond donors (Lipinski definition) is 1. The molecule has 5 heteroatoms. The van der Waals surface area contributed by atoms with E-state index in [9.17, 15) is 14.7 Å². The maximum atomic E-state index is 12.2. The second kappa shape index (κ2) is 5.38. The maximum absolute atomic E-state index is 12.2. The van der Waals surface area contributed by atoms with Gasteiger partial charge in [0.05, 0.1) is 0 Å². The molecule has 1 atom stereocenters. The van der Waals surface area contributed by atoms with Crippen LogP contribution in [-0.4, -0.2) is 52.6 Å². The second-order valence-corrected chi connectivity index (χ2v) is 4.89. The van der Waals surface area contributed by atoms with Gasteiger partial charge >= 0.3 is 12.0 Å². The third kappa shape index (κ3) is 2.70. The van der Waals surface area contributed by atoms with E-state index in [4.69, 9.17) is 0 Å². The molecule has 1 unspecified atom stereocenters. The number of amides is 2. The van der Waals surface area contributed by atoms with E-state index in [-0.39, 0.29) is 6.03 Å². The van der Waals surface area contributed by atoms with Gasteiger partial charge in [-0.25, -0.2) is 9.59 Å². The Hall–Kier alpha value is -1.26. The zero-order chi connectivity index (χ0) is 13.1. The van der Waals surface area contributed by atoms with Crippen molar-refractivity contribution in [3.63, 3.8) is 0 Å². The average molecular weight is 242 g/mol. The highest BCUT2D eigenvalue weighted by Crippen LogP contribution is 2.29. The van der Waals surface area contributed by atoms with Crippen LogP contribution in [0.2, 0.25) is 0 Å². The van der Waals surface area contributed by atoms with Crippen molar-refractivity contribution in [3.05, 3.63) is 0 Å². The van der Waals surface area contributed by atoms with Crippen molar-refractivity contribution in [2.24, 2.45) is 0 Å². The van der Waals surface area contributed by atoms with Gasteiger partial charge in [-0.15, -0.1) is 0 Å². The molecular formula is C12H22N2O3. The average Bonchev–Trinajstić information content (AvgIpc) is 2.29. The molecule has 0 spiro atoms. The van der Waals surface area contributed by atoms with Gasteiger partial charge in [-0.3, -0.25) is 0 Å². The number of carboxylic acid groups (broad SMARTS) is 1. The number of urea groups is 1. The summed E-state index contributed by atoms with van der Waals surface area (Å²) in [5.41, 5.74) is -1.04. The summed E-state index contributed by atoms with van der Waals surface area (Å²) in [6, 6.07) is -0.170. The molecular weight excluding hydrogens is 220 g/mol. The highest BCUT2D eigenvalue weighted by molar-refractivity contribution is 5.86. The molecule has 1 aliphatic rings. The molecule has 1 N–H and O–H groups in total. The fraction of sp³-hybridized carbons (Fsp3) is 0.833. The van der Waals surface area contributed by atoms with Crippen molar-refractivity contribution in [3.8, 4) is 0 Å². The van der Waals surface area contributed by atoms with Crippen molar-refractivity contribution in [1.82, 2.24) is 9.80 Å². The van der Waals surface area contributed by atoms with Crippen LogP contribution in [0.1, 0.15) is 39.5 Å². The van der Waals surface area contributed by atoms with Crippen LogP contribution in [0.4, 0.5) is 4.79 Å². The Morgan fingerprint density at radius 3 is 2.59 bits per heavy atom. The van der Waals surface area contributed by atoms with Crippen LogP contribution in [0.15, 0.2) is 0 Å². The Kier molecular flexibility index (Phi) is 4.37. The summed E-state index contributed by atoms with van der Waals surface area (Å²) in [5.74, 6) is -0.907. The molecule has 0 aromatic rings. The van der Waals surface area contributed by atoms with Crippen molar-refractivity contribution in [2.45, 2.75) is 45.1 Å². The molecule has 98 valence electrons. The first-order chi connectivity index (χ1) is 7.93. The molecule has 5 nitrogen and oxygen atoms in total. The molecule has 0 aliphatic carbocycles. The summed E-state index contributed by atoms with van der Waals surface area (Å²) in [5, 5.41) is 9.32. The number of hydrogen-bond acceptors (Lipinski definition) is 2. The summed E-state index contributed by atoms with van der Waals surface area (Å²) in [6.45, 7) is 4.84. The van der Waals surface area contributed by atoms with Crippen molar-refractivity contribution in [1.29, 1.82) is 0 Å². The van der Waals surface area contributed by atoms with E-state index in [2.05, 4.69) is 0 Å². The van der Waals surface area contributed by atoms with Gasteiger partial charge in [-0.05, 0) is 32.6 Å². The van der Waals surface area contributed by atoms with Gasteiger partial charge in [0, 0.05) is 20.1 Å². The topological polar surface area (TPSA) is 60.9 Å². The van der Waals surface area contributed by atoms with Gasteiger partial charge in [0.25, 0.3) is 0 Å². The fourth-order valence-corrected chi connectivity index (χ4v) is 2.29. The van der Waals surface area contributed by atoms with Crippen LogP contribution < -0.4 is 0 Å². The SMILES string of the molecule is CCCN(C)C(=O)N1CCCCC1(C)C(=O)O. The van der Waals surface area contributed by atoms with Crippen LogP contribution in [-0.2, 0) is 4.79 Å². The highest BCUT2D eigenvalue weighted by atomic mass is 16.4. The van der Waals surface area contributed by atoms with Gasteiger partial charge < -0.3 is 14.9 Å². The number of likely N-dealkylation sites (tertiary alicyclic amines) is 1. The van der Waals surface area contributed by atoms with Crippen molar-refractivity contribution < 1.29 is 14.7 Å². The minimum atomic E-state index is -1.04. The number of nitrogens with zero attached hydrogens (tertiary/aromatic N) is 2. The molecule has 17 heavy (non-hydrogen) atoms. The number of carboxylic acids is 1. The first-order valence-electron chi connectivity index (χ1n) is 6.19. The van der Waals surface area contributed by atoms with Crippen LogP contribution in [0.25, 0.3) is 0 Å². The molecule has 1 rings (SSSR count). The Bertz CT molecular complexity index is 306. The summed E-state index contributed by atoms with van der Waals surface area (Å²) in [4.78, 5) is 26.7. The molecule has 0 bridgehead atoms. The summed E-state index contributed by atoms with van der Waals surface area (Å²) in [7, 11) is 1.72. The first kappa shape index (κ1) is 13.8. The van der Waals surface area contributed by atoms with Gasteiger partial charge in [-0.1, -0.05) is 6.92 Å². The standard InChI is InChI=1S/C12H22N2O3/c1-4-8-13(3)11(17)14-9-6-5-7-12(14,2)10(15)16/h4-9H2,1-3H3,(H,15,16). The maximum Gasteiger partial charge on any atom is 0.329 e. The van der Waals surface area contributed by atoms with E-state index >= 15 is 0 Å². The lowest BCUT2D eigenvalue weighted by Crippen LogP contribution is -2.60. The number of carbonyl (C=O) groups excluding carboxylic acids is 1. The molecule has 1 fully saturated rings. The Morgan fingerprint density at radius 2 is 2.06 bits per heavy atom. The van der Waals surface area contributed by atoms with Gasteiger partial charge in [0.15, 0.2) is 0 Å².